The molecule has 0 spiro atoms. The lowest BCUT2D eigenvalue weighted by atomic mass is 9.92. The predicted molar refractivity (Wildman–Crippen MR) is 246 cm³/mol. The van der Waals surface area contributed by atoms with Crippen molar-refractivity contribution in [2.45, 2.75) is 0 Å². The minimum absolute atomic E-state index is 0.170. The summed E-state index contributed by atoms with van der Waals surface area (Å²) in [6.07, 6.45) is 0. The quantitative estimate of drug-likeness (QED) is 0.154. The number of hydrogen-bond donors (Lipinski definition) is 0. The molecule has 0 amide bonds. The van der Waals surface area contributed by atoms with E-state index in [1.807, 2.05) is 115 Å². The third-order valence-electron chi connectivity index (χ3n) is 10.2. The molecule has 0 radical (unpaired) electrons. The number of furan rings is 1. The summed E-state index contributed by atoms with van der Waals surface area (Å²) < 4.78 is 130. The van der Waals surface area contributed by atoms with Crippen molar-refractivity contribution in [3.05, 3.63) is 218 Å². The van der Waals surface area contributed by atoms with Crippen LogP contribution in [0.2, 0.25) is 0 Å². The van der Waals surface area contributed by atoms with E-state index in [9.17, 15) is 5.48 Å². The van der Waals surface area contributed by atoms with E-state index in [-0.39, 0.29) is 16.7 Å². The number of para-hydroxylation sites is 3. The van der Waals surface area contributed by atoms with Gasteiger partial charge in [0.25, 0.3) is 0 Å². The molecule has 9 aromatic carbocycles. The number of nitrogens with zero attached hydrogens (tertiary/aromatic N) is 4. The number of aromatic nitrogens is 3. The molecule has 5 nitrogen and oxygen atoms in total. The van der Waals surface area contributed by atoms with Crippen molar-refractivity contribution in [2.24, 2.45) is 0 Å². The molecule has 0 aliphatic heterocycles. The van der Waals surface area contributed by atoms with Crippen molar-refractivity contribution in [1.29, 1.82) is 0 Å². The molecular weight excluding hydrogens is 733 g/mol. The summed E-state index contributed by atoms with van der Waals surface area (Å²) in [4.78, 5) is 15.5. The van der Waals surface area contributed by atoms with Crippen LogP contribution in [0.5, 0.6) is 0 Å². The molecule has 0 atom stereocenters. The third kappa shape index (κ3) is 6.26. The van der Waals surface area contributed by atoms with Crippen molar-refractivity contribution >= 4 is 49.8 Å². The van der Waals surface area contributed by atoms with Crippen molar-refractivity contribution in [3.8, 4) is 56.4 Å². The van der Waals surface area contributed by atoms with Crippen LogP contribution in [0.15, 0.2) is 222 Å². The van der Waals surface area contributed by atoms with Crippen LogP contribution in [0.4, 0.5) is 17.1 Å². The van der Waals surface area contributed by atoms with Gasteiger partial charge in [-0.25, -0.2) is 15.0 Å². The maximum atomic E-state index is 9.50. The van der Waals surface area contributed by atoms with Crippen molar-refractivity contribution in [2.75, 3.05) is 4.90 Å². The summed E-state index contributed by atoms with van der Waals surface area (Å²) in [5, 5.41) is 3.02. The molecule has 11 aromatic rings. The summed E-state index contributed by atoms with van der Waals surface area (Å²) in [7, 11) is 0. The fourth-order valence-corrected chi connectivity index (χ4v) is 7.53. The fraction of sp³-hybridized carbons (Fsp3) is 0. The minimum Gasteiger partial charge on any atom is -0.455 e. The van der Waals surface area contributed by atoms with Crippen LogP contribution in [-0.4, -0.2) is 15.0 Å². The van der Waals surface area contributed by atoms with Gasteiger partial charge in [0.2, 0.25) is 0 Å². The average molecular weight is 783 g/mol. The molecule has 0 aliphatic carbocycles. The van der Waals surface area contributed by atoms with Crippen LogP contribution >= 0.6 is 0 Å². The van der Waals surface area contributed by atoms with E-state index < -0.39 is 102 Å². The first-order valence-corrected chi connectivity index (χ1v) is 19.0. The molecule has 0 N–H and O–H groups in total. The molecule has 0 unspecified atom stereocenters. The average Bonchev–Trinajstić information content (AvgIpc) is 3.82. The maximum absolute atomic E-state index is 9.50. The molecule has 60 heavy (non-hydrogen) atoms. The lowest BCUT2D eigenvalue weighted by Gasteiger charge is -2.25. The third-order valence-corrected chi connectivity index (χ3v) is 10.2. The van der Waals surface area contributed by atoms with Gasteiger partial charge in [-0.2, -0.15) is 0 Å². The number of rotatable bonds is 8. The van der Waals surface area contributed by atoms with Crippen LogP contribution in [0.25, 0.3) is 89.1 Å². The van der Waals surface area contributed by atoms with E-state index in [2.05, 4.69) is 0 Å². The lowest BCUT2D eigenvalue weighted by Crippen LogP contribution is -2.09. The SMILES string of the molecule is [2H]c1c([2H])c([2H])c(N(c2c([2H])c([2H])c([2H])c([2H])c2[2H])c2c([2H])c([2H])c(-c3cccc4c3oc3cccc(-c5ccc(-c6nc(-c7ccccc7)nc(-c7ccccc7)n6)c6ccccc56)c34)c([2H])c2[2H])c([2H])c1[2H]. The van der Waals surface area contributed by atoms with Gasteiger partial charge in [-0.05, 0) is 75.9 Å². The molecule has 0 saturated heterocycles. The van der Waals surface area contributed by atoms with Crippen molar-refractivity contribution in [1.82, 2.24) is 15.0 Å². The standard InChI is InChI=1S/C55H36N4O/c1-5-17-38(18-6-1)53-56-54(39-19-7-2-8-20-39)58-55(57-53)48-36-35-46(44-25-13-14-26-45(44)48)47-28-16-30-50-51(47)49-29-15-27-43(52(49)60-50)37-31-33-42(34-32-37)59(40-21-9-3-10-22-40)41-23-11-4-12-24-41/h1-36H/i3D,4D,9D,10D,11D,12D,21D,22D,23D,24D,31D,32D,33D,34D. The molecule has 0 bridgehead atoms. The van der Waals surface area contributed by atoms with E-state index in [0.717, 1.165) is 38.6 Å². The highest BCUT2D eigenvalue weighted by molar-refractivity contribution is 6.18. The highest BCUT2D eigenvalue weighted by Crippen LogP contribution is 2.44. The van der Waals surface area contributed by atoms with E-state index in [1.165, 1.54) is 0 Å². The zero-order chi connectivity index (χ0) is 52.0. The normalized spacial score (nSPS) is 14.6. The molecule has 0 aliphatic rings. The van der Waals surface area contributed by atoms with E-state index in [4.69, 9.17) is 33.1 Å². The van der Waals surface area contributed by atoms with Gasteiger partial charge >= 0.3 is 0 Å². The highest BCUT2D eigenvalue weighted by Gasteiger charge is 2.20. The number of benzene rings is 9. The second-order valence-corrected chi connectivity index (χ2v) is 13.7. The van der Waals surface area contributed by atoms with Gasteiger partial charge in [0.1, 0.15) is 11.2 Å². The van der Waals surface area contributed by atoms with Gasteiger partial charge in [-0.1, -0.05) is 170 Å². The lowest BCUT2D eigenvalue weighted by molar-refractivity contribution is 0.670. The van der Waals surface area contributed by atoms with Gasteiger partial charge in [-0.3, -0.25) is 0 Å². The smallest absolute Gasteiger partial charge is 0.164 e. The van der Waals surface area contributed by atoms with Gasteiger partial charge in [-0.15, -0.1) is 0 Å². The maximum Gasteiger partial charge on any atom is 0.164 e. The van der Waals surface area contributed by atoms with E-state index in [0.29, 0.717) is 38.7 Å². The summed E-state index contributed by atoms with van der Waals surface area (Å²) in [5.74, 6) is 1.52. The summed E-state index contributed by atoms with van der Waals surface area (Å²) in [5.41, 5.74) is 2.48. The largest absolute Gasteiger partial charge is 0.455 e. The zero-order valence-electron chi connectivity index (χ0n) is 45.4. The zero-order valence-corrected chi connectivity index (χ0v) is 31.4. The molecule has 2 aromatic heterocycles. The van der Waals surface area contributed by atoms with Gasteiger partial charge in [0.05, 0.1) is 19.2 Å². The van der Waals surface area contributed by atoms with Crippen LogP contribution in [0.3, 0.4) is 0 Å². The van der Waals surface area contributed by atoms with Crippen LogP contribution in [0.1, 0.15) is 19.2 Å². The Balaban J connectivity index is 1.10. The highest BCUT2D eigenvalue weighted by atomic mass is 16.3. The van der Waals surface area contributed by atoms with Gasteiger partial charge in [0.15, 0.2) is 17.5 Å². The van der Waals surface area contributed by atoms with Crippen molar-refractivity contribution < 1.29 is 23.6 Å². The van der Waals surface area contributed by atoms with E-state index in [1.54, 1.807) is 18.2 Å². The Morgan fingerprint density at radius 1 is 0.367 bits per heavy atom. The summed E-state index contributed by atoms with van der Waals surface area (Å²) in [6, 6.07) is 30.7. The molecule has 11 rings (SSSR count). The van der Waals surface area contributed by atoms with Crippen LogP contribution in [-0.2, 0) is 0 Å². The Morgan fingerprint density at radius 2 is 0.867 bits per heavy atom. The van der Waals surface area contributed by atoms with Gasteiger partial charge < -0.3 is 9.32 Å². The number of hydrogen-bond acceptors (Lipinski definition) is 5. The van der Waals surface area contributed by atoms with Crippen LogP contribution < -0.4 is 4.90 Å². The van der Waals surface area contributed by atoms with Crippen LogP contribution in [0, 0.1) is 0 Å². The monoisotopic (exact) mass is 782 g/mol. The Hall–Kier alpha value is -8.15. The first kappa shape index (κ1) is 23.3. The Bertz CT molecular complexity index is 3940. The Morgan fingerprint density at radius 3 is 1.50 bits per heavy atom. The minimum atomic E-state index is -0.880. The molecule has 282 valence electrons. The second kappa shape index (κ2) is 15.0. The summed E-state index contributed by atoms with van der Waals surface area (Å²) >= 11 is 0. The topological polar surface area (TPSA) is 55.1 Å². The molecule has 2 heterocycles. The first-order chi connectivity index (χ1) is 35.6. The predicted octanol–water partition coefficient (Wildman–Crippen LogP) is 14.7. The number of fused-ring (bicyclic) bond motifs is 4. The second-order valence-electron chi connectivity index (χ2n) is 13.7. The number of anilines is 3. The first-order valence-electron chi connectivity index (χ1n) is 26.0. The fourth-order valence-electron chi connectivity index (χ4n) is 7.53. The molecule has 0 saturated carbocycles. The Kier molecular flexibility index (Phi) is 5.82. The van der Waals surface area contributed by atoms with E-state index >= 15 is 0 Å². The molecule has 5 heteroatoms. The Labute approximate surface area is 367 Å². The summed E-state index contributed by atoms with van der Waals surface area (Å²) in [6.45, 7) is 0. The van der Waals surface area contributed by atoms with Crippen molar-refractivity contribution in [3.63, 3.8) is 0 Å². The molecular formula is C55H36N4O. The molecule has 0 fully saturated rings. The van der Waals surface area contributed by atoms with Gasteiger partial charge in [0, 0.05) is 50.1 Å².